The van der Waals surface area contributed by atoms with Crippen LogP contribution in [0.25, 0.3) is 31.8 Å². The topological polar surface area (TPSA) is 12.9 Å². The van der Waals surface area contributed by atoms with E-state index in [-0.39, 0.29) is 16.2 Å². The maximum atomic E-state index is 4.87. The van der Waals surface area contributed by atoms with Crippen molar-refractivity contribution < 1.29 is 0 Å². The molecule has 0 spiro atoms. The third kappa shape index (κ3) is 5.13. The third-order valence-corrected chi connectivity index (χ3v) is 7.74. The normalized spacial score (nSPS) is 13.0. The van der Waals surface area contributed by atoms with Crippen molar-refractivity contribution in [2.75, 3.05) is 0 Å². The quantitative estimate of drug-likeness (QED) is 0.285. The molecule has 0 radical (unpaired) electrons. The van der Waals surface area contributed by atoms with Gasteiger partial charge in [0.15, 0.2) is 0 Å². The molecule has 0 aliphatic carbocycles. The van der Waals surface area contributed by atoms with E-state index < -0.39 is 0 Å². The smallest absolute Gasteiger partial charge is 0.0716 e. The zero-order valence-electron chi connectivity index (χ0n) is 22.6. The van der Waals surface area contributed by atoms with Crippen LogP contribution in [0.1, 0.15) is 84.6 Å². The maximum absolute atomic E-state index is 4.87. The van der Waals surface area contributed by atoms with E-state index in [1.54, 1.807) is 0 Å². The van der Waals surface area contributed by atoms with Gasteiger partial charge < -0.3 is 0 Å². The first-order chi connectivity index (χ1) is 15.6. The first-order valence-electron chi connectivity index (χ1n) is 12.3. The molecule has 34 heavy (non-hydrogen) atoms. The molecule has 0 aliphatic heterocycles. The fourth-order valence-corrected chi connectivity index (χ4v) is 5.29. The van der Waals surface area contributed by atoms with Crippen molar-refractivity contribution in [3.63, 3.8) is 0 Å². The monoisotopic (exact) mass is 469 g/mol. The lowest BCUT2D eigenvalue weighted by molar-refractivity contribution is 0.569. The van der Waals surface area contributed by atoms with Gasteiger partial charge in [-0.1, -0.05) is 80.0 Å². The molecule has 2 aromatic carbocycles. The summed E-state index contributed by atoms with van der Waals surface area (Å²) in [5, 5.41) is 1.21. The van der Waals surface area contributed by atoms with E-state index in [9.17, 15) is 0 Å². The summed E-state index contributed by atoms with van der Waals surface area (Å²) in [6, 6.07) is 18.6. The van der Waals surface area contributed by atoms with Crippen LogP contribution < -0.4 is 0 Å². The second-order valence-corrected chi connectivity index (χ2v) is 13.9. The van der Waals surface area contributed by atoms with Gasteiger partial charge in [0.25, 0.3) is 0 Å². The van der Waals surface area contributed by atoms with Gasteiger partial charge in [0.05, 0.1) is 5.69 Å². The Balaban J connectivity index is 1.82. The first-order valence-corrected chi connectivity index (χ1v) is 13.1. The molecule has 0 unspecified atom stereocenters. The molecular weight excluding hydrogens is 430 g/mol. The summed E-state index contributed by atoms with van der Waals surface area (Å²) in [7, 11) is 0. The number of hydrogen-bond acceptors (Lipinski definition) is 2. The van der Waals surface area contributed by atoms with Gasteiger partial charge in [0.2, 0.25) is 0 Å². The Morgan fingerprint density at radius 1 is 0.588 bits per heavy atom. The largest absolute Gasteiger partial charge is 0.256 e. The summed E-state index contributed by atoms with van der Waals surface area (Å²) in [6.45, 7) is 22.8. The molecule has 178 valence electrons. The Bertz CT molecular complexity index is 1320. The summed E-state index contributed by atoms with van der Waals surface area (Å²) in [6.07, 6.45) is 2.04. The lowest BCUT2D eigenvalue weighted by Crippen LogP contribution is -2.16. The fraction of sp³-hybridized carbons (Fsp3) is 0.406. The van der Waals surface area contributed by atoms with E-state index in [4.69, 9.17) is 4.98 Å². The van der Waals surface area contributed by atoms with Crippen LogP contribution in [-0.2, 0) is 16.2 Å². The van der Waals surface area contributed by atoms with Gasteiger partial charge in [-0.25, -0.2) is 0 Å². The molecule has 0 aliphatic rings. The van der Waals surface area contributed by atoms with Crippen LogP contribution in [0.5, 0.6) is 0 Å². The number of thiophene rings is 1. The summed E-state index contributed by atoms with van der Waals surface area (Å²) in [5.41, 5.74) is 9.31. The van der Waals surface area contributed by atoms with Gasteiger partial charge in [-0.05, 0) is 81.8 Å². The van der Waals surface area contributed by atoms with Crippen molar-refractivity contribution in [2.45, 2.75) is 85.5 Å². The van der Waals surface area contributed by atoms with E-state index in [0.29, 0.717) is 0 Å². The van der Waals surface area contributed by atoms with Gasteiger partial charge in [0.1, 0.15) is 0 Å². The molecule has 0 saturated heterocycles. The minimum absolute atomic E-state index is 0.108. The first kappa shape index (κ1) is 24.7. The van der Waals surface area contributed by atoms with Gasteiger partial charge in [0, 0.05) is 26.7 Å². The lowest BCUT2D eigenvalue weighted by atomic mass is 9.79. The molecule has 2 heteroatoms. The van der Waals surface area contributed by atoms with Crippen molar-refractivity contribution in [1.82, 2.24) is 4.98 Å². The summed E-state index contributed by atoms with van der Waals surface area (Å²) >= 11 is 1.87. The molecule has 4 rings (SSSR count). The zero-order chi connectivity index (χ0) is 25.1. The molecule has 0 atom stereocenters. The van der Waals surface area contributed by atoms with E-state index in [1.807, 2.05) is 17.5 Å². The predicted molar refractivity (Wildman–Crippen MR) is 151 cm³/mol. The highest BCUT2D eigenvalue weighted by molar-refractivity contribution is 7.22. The third-order valence-electron chi connectivity index (χ3n) is 6.59. The van der Waals surface area contributed by atoms with Crippen LogP contribution >= 0.6 is 11.3 Å². The van der Waals surface area contributed by atoms with Crippen LogP contribution in [0.4, 0.5) is 0 Å². The number of benzene rings is 2. The number of aromatic nitrogens is 1. The number of fused-ring (bicyclic) bond motifs is 1. The Morgan fingerprint density at radius 3 is 1.68 bits per heavy atom. The fourth-order valence-electron chi connectivity index (χ4n) is 4.23. The van der Waals surface area contributed by atoms with Gasteiger partial charge >= 0.3 is 0 Å². The average Bonchev–Trinajstić information content (AvgIpc) is 3.14. The van der Waals surface area contributed by atoms with Crippen molar-refractivity contribution >= 4 is 21.4 Å². The highest BCUT2D eigenvalue weighted by Crippen LogP contribution is 2.39. The number of nitrogens with zero attached hydrogens (tertiary/aromatic N) is 1. The highest BCUT2D eigenvalue weighted by Gasteiger charge is 2.22. The number of rotatable bonds is 2. The summed E-state index contributed by atoms with van der Waals surface area (Å²) in [5.74, 6) is 0. The molecule has 4 aromatic rings. The molecule has 2 aromatic heterocycles. The minimum atomic E-state index is 0.108. The molecule has 0 fully saturated rings. The van der Waals surface area contributed by atoms with E-state index in [1.165, 1.54) is 48.3 Å². The second-order valence-electron chi connectivity index (χ2n) is 12.9. The van der Waals surface area contributed by atoms with Crippen LogP contribution in [0, 0.1) is 6.92 Å². The zero-order valence-corrected chi connectivity index (χ0v) is 23.4. The molecular formula is C32H39NS. The molecule has 1 nitrogen and oxygen atoms in total. The van der Waals surface area contributed by atoms with Gasteiger partial charge in [-0.15, -0.1) is 11.3 Å². The van der Waals surface area contributed by atoms with E-state index >= 15 is 0 Å². The Morgan fingerprint density at radius 2 is 1.12 bits per heavy atom. The Labute approximate surface area is 210 Å². The van der Waals surface area contributed by atoms with E-state index in [2.05, 4.69) is 118 Å². The van der Waals surface area contributed by atoms with Crippen molar-refractivity contribution in [2.24, 2.45) is 0 Å². The predicted octanol–water partition coefficient (Wildman–Crippen LogP) is 9.83. The summed E-state index contributed by atoms with van der Waals surface area (Å²) < 4.78 is 1.29. The number of pyridine rings is 1. The maximum Gasteiger partial charge on any atom is 0.0716 e. The van der Waals surface area contributed by atoms with Crippen LogP contribution in [-0.4, -0.2) is 4.98 Å². The summed E-state index contributed by atoms with van der Waals surface area (Å²) in [4.78, 5) is 6.18. The van der Waals surface area contributed by atoms with Crippen molar-refractivity contribution in [3.8, 4) is 21.7 Å². The minimum Gasteiger partial charge on any atom is -0.256 e. The van der Waals surface area contributed by atoms with Crippen LogP contribution in [0.15, 0.2) is 54.7 Å². The molecule has 2 heterocycles. The second kappa shape index (κ2) is 8.34. The molecule has 0 saturated carbocycles. The van der Waals surface area contributed by atoms with Crippen LogP contribution in [0.2, 0.25) is 0 Å². The Kier molecular flexibility index (Phi) is 6.05. The average molecular weight is 470 g/mol. The molecule has 0 bridgehead atoms. The van der Waals surface area contributed by atoms with E-state index in [0.717, 1.165) is 5.69 Å². The van der Waals surface area contributed by atoms with Crippen LogP contribution in [0.3, 0.4) is 0 Å². The highest BCUT2D eigenvalue weighted by atomic mass is 32.1. The number of aryl methyl sites for hydroxylation is 1. The SMILES string of the molecule is Cc1cc(-c2cc3sc(-c4cc(C(C)(C)C)cc(C(C)(C)C)c4)cc3cn2)cc(C(C)(C)C)c1. The standard InChI is InChI=1S/C32H39NS/c1-20-11-21(13-24(12-20)30(2,3)4)27-18-29-23(19-33-27)16-28(34-29)22-14-25(31(5,6)7)17-26(15-22)32(8,9)10/h11-19H,1-10H3. The van der Waals surface area contributed by atoms with Crippen molar-refractivity contribution in [3.05, 3.63) is 77.0 Å². The lowest BCUT2D eigenvalue weighted by Gasteiger charge is -2.26. The van der Waals surface area contributed by atoms with Gasteiger partial charge in [-0.3, -0.25) is 4.98 Å². The van der Waals surface area contributed by atoms with Gasteiger partial charge in [-0.2, -0.15) is 0 Å². The van der Waals surface area contributed by atoms with Crippen molar-refractivity contribution in [1.29, 1.82) is 0 Å². The Hall–Kier alpha value is -2.45. The molecule has 0 amide bonds. The number of hydrogen-bond donors (Lipinski definition) is 0. The molecule has 0 N–H and O–H groups in total.